The Bertz CT molecular complexity index is 420. The van der Waals surface area contributed by atoms with Crippen molar-refractivity contribution in [3.8, 4) is 11.4 Å². The van der Waals surface area contributed by atoms with Crippen LogP contribution in [0, 0.1) is 10.5 Å². The highest BCUT2D eigenvalue weighted by molar-refractivity contribution is 14.1. The number of aromatic nitrogens is 2. The summed E-state index contributed by atoms with van der Waals surface area (Å²) in [7, 11) is 0. The monoisotopic (exact) mass is 284 g/mol. The molecule has 0 fully saturated rings. The average molecular weight is 284 g/mol. The summed E-state index contributed by atoms with van der Waals surface area (Å²) >= 11 is 2.31. The largest absolute Gasteiger partial charge is 0.342 e. The van der Waals surface area contributed by atoms with Crippen molar-refractivity contribution in [2.24, 2.45) is 0 Å². The van der Waals surface area contributed by atoms with Gasteiger partial charge in [0.15, 0.2) is 0 Å². The minimum atomic E-state index is 0.947. The summed E-state index contributed by atoms with van der Waals surface area (Å²) < 4.78 is 1.22. The number of aryl methyl sites for hydroxylation is 1. The van der Waals surface area contributed by atoms with Crippen LogP contribution < -0.4 is 0 Å². The van der Waals surface area contributed by atoms with E-state index in [0.29, 0.717) is 0 Å². The maximum Gasteiger partial charge on any atom is 0.138 e. The maximum absolute atomic E-state index is 4.29. The van der Waals surface area contributed by atoms with Gasteiger partial charge in [-0.2, -0.15) is 0 Å². The molecule has 2 aromatic rings. The van der Waals surface area contributed by atoms with Crippen molar-refractivity contribution in [1.82, 2.24) is 9.97 Å². The molecule has 13 heavy (non-hydrogen) atoms. The molecule has 0 unspecified atom stereocenters. The summed E-state index contributed by atoms with van der Waals surface area (Å²) in [5, 5.41) is 0. The zero-order valence-electron chi connectivity index (χ0n) is 7.21. The van der Waals surface area contributed by atoms with Gasteiger partial charge in [0.1, 0.15) is 5.82 Å². The Morgan fingerprint density at radius 1 is 1.31 bits per heavy atom. The minimum Gasteiger partial charge on any atom is -0.342 e. The highest BCUT2D eigenvalue weighted by atomic mass is 127. The molecule has 1 aromatic carbocycles. The van der Waals surface area contributed by atoms with Gasteiger partial charge in [-0.1, -0.05) is 18.2 Å². The highest BCUT2D eigenvalue weighted by Crippen LogP contribution is 2.21. The second-order valence-electron chi connectivity index (χ2n) is 2.89. The molecule has 0 radical (unpaired) electrons. The fraction of sp³-hybridized carbons (Fsp3) is 0.100. The Kier molecular flexibility index (Phi) is 2.35. The lowest BCUT2D eigenvalue weighted by Gasteiger charge is -1.98. The molecule has 0 saturated heterocycles. The SMILES string of the molecule is Cc1cnc(-c2ccccc2I)[nH]1. The van der Waals surface area contributed by atoms with Gasteiger partial charge in [-0.15, -0.1) is 0 Å². The molecule has 3 heteroatoms. The van der Waals surface area contributed by atoms with Crippen LogP contribution in [0.4, 0.5) is 0 Å². The van der Waals surface area contributed by atoms with Crippen molar-refractivity contribution in [2.45, 2.75) is 6.92 Å². The molecule has 1 aromatic heterocycles. The van der Waals surface area contributed by atoms with Crippen molar-refractivity contribution >= 4 is 22.6 Å². The molecule has 1 heterocycles. The van der Waals surface area contributed by atoms with E-state index < -0.39 is 0 Å². The predicted octanol–water partition coefficient (Wildman–Crippen LogP) is 2.99. The normalized spacial score (nSPS) is 10.3. The maximum atomic E-state index is 4.29. The van der Waals surface area contributed by atoms with Crippen LogP contribution in [0.2, 0.25) is 0 Å². The Hall–Kier alpha value is -0.840. The molecule has 2 nitrogen and oxygen atoms in total. The van der Waals surface area contributed by atoms with Crippen molar-refractivity contribution in [3.05, 3.63) is 39.7 Å². The highest BCUT2D eigenvalue weighted by Gasteiger charge is 2.03. The van der Waals surface area contributed by atoms with Gasteiger partial charge >= 0.3 is 0 Å². The third kappa shape index (κ3) is 1.75. The summed E-state index contributed by atoms with van der Waals surface area (Å²) in [6.07, 6.45) is 1.85. The van der Waals surface area contributed by atoms with Gasteiger partial charge < -0.3 is 4.98 Å². The van der Waals surface area contributed by atoms with Crippen LogP contribution in [-0.2, 0) is 0 Å². The van der Waals surface area contributed by atoms with E-state index in [4.69, 9.17) is 0 Å². The second-order valence-corrected chi connectivity index (χ2v) is 4.06. The molecule has 0 aliphatic rings. The van der Waals surface area contributed by atoms with Gasteiger partial charge in [-0.3, -0.25) is 0 Å². The molecule has 0 aliphatic carbocycles. The van der Waals surface area contributed by atoms with Crippen molar-refractivity contribution in [1.29, 1.82) is 0 Å². The summed E-state index contributed by atoms with van der Waals surface area (Å²) in [5.74, 6) is 0.947. The summed E-state index contributed by atoms with van der Waals surface area (Å²) in [4.78, 5) is 7.50. The standard InChI is InChI=1S/C10H9IN2/c1-7-6-12-10(13-7)8-4-2-3-5-9(8)11/h2-6H,1H3,(H,12,13). The van der Waals surface area contributed by atoms with Crippen molar-refractivity contribution in [3.63, 3.8) is 0 Å². The third-order valence-electron chi connectivity index (χ3n) is 1.83. The van der Waals surface area contributed by atoms with E-state index >= 15 is 0 Å². The number of nitrogens with zero attached hydrogens (tertiary/aromatic N) is 1. The fourth-order valence-corrected chi connectivity index (χ4v) is 1.85. The van der Waals surface area contributed by atoms with Crippen LogP contribution in [0.15, 0.2) is 30.5 Å². The number of halogens is 1. The van der Waals surface area contributed by atoms with E-state index in [-0.39, 0.29) is 0 Å². The lowest BCUT2D eigenvalue weighted by atomic mass is 10.2. The Balaban J connectivity index is 2.52. The molecular formula is C10H9IN2. The van der Waals surface area contributed by atoms with Crippen molar-refractivity contribution < 1.29 is 0 Å². The van der Waals surface area contributed by atoms with Crippen molar-refractivity contribution in [2.75, 3.05) is 0 Å². The van der Waals surface area contributed by atoms with Gasteiger partial charge in [-0.05, 0) is 35.6 Å². The Labute approximate surface area is 90.5 Å². The molecule has 0 amide bonds. The zero-order chi connectivity index (χ0) is 9.26. The predicted molar refractivity (Wildman–Crippen MR) is 61.5 cm³/mol. The minimum absolute atomic E-state index is 0.947. The summed E-state index contributed by atoms with van der Waals surface area (Å²) in [6.45, 7) is 2.01. The molecular weight excluding hydrogens is 275 g/mol. The lowest BCUT2D eigenvalue weighted by molar-refractivity contribution is 1.25. The van der Waals surface area contributed by atoms with Gasteiger partial charge in [0.05, 0.1) is 0 Å². The molecule has 0 bridgehead atoms. The number of rotatable bonds is 1. The molecule has 0 aliphatic heterocycles. The van der Waals surface area contributed by atoms with E-state index in [1.807, 2.05) is 25.3 Å². The third-order valence-corrected chi connectivity index (χ3v) is 2.77. The molecule has 0 spiro atoms. The van der Waals surface area contributed by atoms with Crippen LogP contribution in [0.25, 0.3) is 11.4 Å². The van der Waals surface area contributed by atoms with Crippen LogP contribution in [0.5, 0.6) is 0 Å². The first kappa shape index (κ1) is 8.74. The van der Waals surface area contributed by atoms with Gasteiger partial charge in [-0.25, -0.2) is 4.98 Å². The van der Waals surface area contributed by atoms with Gasteiger partial charge in [0.2, 0.25) is 0 Å². The molecule has 66 valence electrons. The summed E-state index contributed by atoms with van der Waals surface area (Å²) in [6, 6.07) is 8.20. The van der Waals surface area contributed by atoms with E-state index in [9.17, 15) is 0 Å². The summed E-state index contributed by atoms with van der Waals surface area (Å²) in [5.41, 5.74) is 2.26. The Morgan fingerprint density at radius 2 is 2.08 bits per heavy atom. The molecule has 2 rings (SSSR count). The molecule has 0 atom stereocenters. The number of nitrogens with one attached hydrogen (secondary N) is 1. The van der Waals surface area contributed by atoms with E-state index in [1.165, 1.54) is 3.57 Å². The van der Waals surface area contributed by atoms with E-state index in [1.54, 1.807) is 0 Å². The smallest absolute Gasteiger partial charge is 0.138 e. The number of hydrogen-bond acceptors (Lipinski definition) is 1. The second kappa shape index (κ2) is 3.49. The molecule has 0 saturated carbocycles. The lowest BCUT2D eigenvalue weighted by Crippen LogP contribution is -1.83. The van der Waals surface area contributed by atoms with Crippen LogP contribution in [0.1, 0.15) is 5.69 Å². The average Bonchev–Trinajstić information content (AvgIpc) is 2.53. The van der Waals surface area contributed by atoms with Gasteiger partial charge in [0.25, 0.3) is 0 Å². The first-order chi connectivity index (χ1) is 6.27. The number of aromatic amines is 1. The zero-order valence-corrected chi connectivity index (χ0v) is 9.37. The molecule has 1 N–H and O–H groups in total. The fourth-order valence-electron chi connectivity index (χ4n) is 1.20. The van der Waals surface area contributed by atoms with Crippen LogP contribution in [-0.4, -0.2) is 9.97 Å². The number of benzene rings is 1. The van der Waals surface area contributed by atoms with Crippen LogP contribution in [0.3, 0.4) is 0 Å². The first-order valence-corrected chi connectivity index (χ1v) is 5.12. The number of imidazole rings is 1. The number of H-pyrrole nitrogens is 1. The quantitative estimate of drug-likeness (QED) is 0.801. The Morgan fingerprint density at radius 3 is 2.69 bits per heavy atom. The van der Waals surface area contributed by atoms with Crippen LogP contribution >= 0.6 is 22.6 Å². The number of hydrogen-bond donors (Lipinski definition) is 1. The van der Waals surface area contributed by atoms with Gasteiger partial charge in [0, 0.05) is 21.0 Å². The van der Waals surface area contributed by atoms with E-state index in [0.717, 1.165) is 17.1 Å². The topological polar surface area (TPSA) is 28.7 Å². The van der Waals surface area contributed by atoms with E-state index in [2.05, 4.69) is 44.7 Å². The first-order valence-electron chi connectivity index (χ1n) is 4.04.